The topological polar surface area (TPSA) is 119 Å². The van der Waals surface area contributed by atoms with Gasteiger partial charge in [-0.1, -0.05) is 72.8 Å². The molecule has 1 aliphatic rings. The highest BCUT2D eigenvalue weighted by atomic mass is 32.2. The van der Waals surface area contributed by atoms with E-state index >= 15 is 0 Å². The minimum atomic E-state index is -4.24. The fourth-order valence-corrected chi connectivity index (χ4v) is 6.59. The van der Waals surface area contributed by atoms with Crippen LogP contribution in [0.1, 0.15) is 29.5 Å². The molecule has 1 aliphatic heterocycles. The highest BCUT2D eigenvalue weighted by Crippen LogP contribution is 2.22. The number of sulfonamides is 1. The van der Waals surface area contributed by atoms with Gasteiger partial charge in [0.1, 0.15) is 6.04 Å². The Balaban J connectivity index is 1.43. The summed E-state index contributed by atoms with van der Waals surface area (Å²) in [5.74, 6) is -0.998. The second kappa shape index (κ2) is 12.9. The van der Waals surface area contributed by atoms with Crippen LogP contribution in [0.2, 0.25) is 0 Å². The molecule has 4 aromatic carbocycles. The van der Waals surface area contributed by atoms with Gasteiger partial charge in [0, 0.05) is 25.2 Å². The Morgan fingerprint density at radius 2 is 1.45 bits per heavy atom. The third-order valence-corrected chi connectivity index (χ3v) is 9.15. The summed E-state index contributed by atoms with van der Waals surface area (Å²) in [6.45, 7) is 1.18. The summed E-state index contributed by atoms with van der Waals surface area (Å²) in [5.41, 5.74) is 2.26. The van der Waals surface area contributed by atoms with E-state index in [4.69, 9.17) is 5.26 Å². The number of nitriles is 1. The smallest absolute Gasteiger partial charge is 0.245 e. The highest BCUT2D eigenvalue weighted by molar-refractivity contribution is 7.94. The lowest BCUT2D eigenvalue weighted by atomic mass is 10.0. The summed E-state index contributed by atoms with van der Waals surface area (Å²) in [7, 11) is -4.24. The Labute approximate surface area is 246 Å². The van der Waals surface area contributed by atoms with Gasteiger partial charge in [-0.05, 0) is 65.4 Å². The highest BCUT2D eigenvalue weighted by Gasteiger charge is 2.36. The molecule has 0 saturated carbocycles. The molecule has 5 rings (SSSR count). The van der Waals surface area contributed by atoms with Gasteiger partial charge in [-0.2, -0.15) is 5.26 Å². The molecule has 2 atom stereocenters. The van der Waals surface area contributed by atoms with Gasteiger partial charge in [-0.15, -0.1) is 0 Å². The molecule has 0 radical (unpaired) electrons. The zero-order valence-electron chi connectivity index (χ0n) is 23.1. The first kappa shape index (κ1) is 28.8. The lowest BCUT2D eigenvalue weighted by Crippen LogP contribution is -2.53. The van der Waals surface area contributed by atoms with Crippen molar-refractivity contribution in [3.63, 3.8) is 0 Å². The Morgan fingerprint density at radius 3 is 2.14 bits per heavy atom. The largest absolute Gasteiger partial charge is 0.343 e. The molecule has 1 saturated heterocycles. The van der Waals surface area contributed by atoms with Crippen LogP contribution in [0.3, 0.4) is 0 Å². The van der Waals surface area contributed by atoms with Gasteiger partial charge in [0.15, 0.2) is 5.25 Å². The third-order valence-electron chi connectivity index (χ3n) is 7.50. The number of nitrogens with one attached hydrogen (secondary N) is 2. The standard InChI is InChI=1S/C33H32N4O4S/c34-23-26-14-12-25(13-15-26)20-30(33(39)37-18-6-7-19-37)35-32(38)31(21-24-8-2-1-3-9-24)42(40,41)36-29-17-16-27-10-4-5-11-28(27)22-29/h1-5,8-17,22,30-31,36H,6-7,18-21H2,(H,35,38). The Bertz CT molecular complexity index is 1710. The lowest BCUT2D eigenvalue weighted by Gasteiger charge is -2.26. The van der Waals surface area contributed by atoms with E-state index in [9.17, 15) is 18.0 Å². The number of benzene rings is 4. The molecule has 0 spiro atoms. The number of likely N-dealkylation sites (tertiary alicyclic amines) is 1. The predicted molar refractivity (Wildman–Crippen MR) is 163 cm³/mol. The molecule has 9 heteroatoms. The fourth-order valence-electron chi connectivity index (χ4n) is 5.23. The van der Waals surface area contributed by atoms with Crippen LogP contribution in [0.15, 0.2) is 97.1 Å². The molecule has 42 heavy (non-hydrogen) atoms. The van der Waals surface area contributed by atoms with Crippen LogP contribution in [0.25, 0.3) is 10.8 Å². The lowest BCUT2D eigenvalue weighted by molar-refractivity contribution is -0.135. The first-order valence-electron chi connectivity index (χ1n) is 13.9. The normalized spacial score (nSPS) is 14.6. The van der Waals surface area contributed by atoms with Gasteiger partial charge < -0.3 is 10.2 Å². The molecule has 0 aromatic heterocycles. The van der Waals surface area contributed by atoms with E-state index in [1.54, 1.807) is 65.6 Å². The summed E-state index contributed by atoms with van der Waals surface area (Å²) >= 11 is 0. The Hall–Kier alpha value is -4.68. The van der Waals surface area contributed by atoms with Crippen LogP contribution in [0.4, 0.5) is 5.69 Å². The minimum Gasteiger partial charge on any atom is -0.343 e. The van der Waals surface area contributed by atoms with Gasteiger partial charge in [-0.3, -0.25) is 14.3 Å². The molecule has 0 aliphatic carbocycles. The molecule has 2 unspecified atom stereocenters. The molecule has 2 amide bonds. The van der Waals surface area contributed by atoms with Crippen molar-refractivity contribution in [2.24, 2.45) is 0 Å². The van der Waals surface area contributed by atoms with E-state index < -0.39 is 27.2 Å². The number of rotatable bonds is 10. The molecule has 8 nitrogen and oxygen atoms in total. The van der Waals surface area contributed by atoms with E-state index in [-0.39, 0.29) is 18.7 Å². The number of carbonyl (C=O) groups is 2. The number of fused-ring (bicyclic) bond motifs is 1. The molecule has 2 N–H and O–H groups in total. The maximum absolute atomic E-state index is 13.9. The zero-order chi connectivity index (χ0) is 29.5. The van der Waals surface area contributed by atoms with Crippen LogP contribution in [0, 0.1) is 11.3 Å². The summed E-state index contributed by atoms with van der Waals surface area (Å²) in [5, 5.41) is 12.3. The quantitative estimate of drug-likeness (QED) is 0.288. The van der Waals surface area contributed by atoms with E-state index in [1.165, 1.54) is 0 Å². The maximum Gasteiger partial charge on any atom is 0.245 e. The average Bonchev–Trinajstić information content (AvgIpc) is 3.55. The number of amides is 2. The van der Waals surface area contributed by atoms with Gasteiger partial charge in [0.05, 0.1) is 11.6 Å². The summed E-state index contributed by atoms with van der Waals surface area (Å²) in [6, 6.07) is 29.7. The number of hydrogen-bond acceptors (Lipinski definition) is 5. The SMILES string of the molecule is N#Cc1ccc(CC(NC(=O)C(Cc2ccccc2)S(=O)(=O)Nc2ccc3ccccc3c2)C(=O)N2CCCC2)cc1. The number of hydrogen-bond donors (Lipinski definition) is 2. The van der Waals surface area contributed by atoms with Crippen LogP contribution in [-0.2, 0) is 32.5 Å². The van der Waals surface area contributed by atoms with Crippen molar-refractivity contribution in [2.45, 2.75) is 37.0 Å². The molecule has 1 fully saturated rings. The van der Waals surface area contributed by atoms with Gasteiger partial charge in [-0.25, -0.2) is 8.42 Å². The van der Waals surface area contributed by atoms with Crippen molar-refractivity contribution in [1.82, 2.24) is 10.2 Å². The number of nitrogens with zero attached hydrogens (tertiary/aromatic N) is 2. The summed E-state index contributed by atoms with van der Waals surface area (Å²) in [6.07, 6.45) is 1.86. The fraction of sp³-hybridized carbons (Fsp3) is 0.242. The van der Waals surface area contributed by atoms with Crippen molar-refractivity contribution in [2.75, 3.05) is 17.8 Å². The monoisotopic (exact) mass is 580 g/mol. The van der Waals surface area contributed by atoms with E-state index in [0.717, 1.165) is 29.2 Å². The van der Waals surface area contributed by atoms with Crippen molar-refractivity contribution in [3.05, 3.63) is 114 Å². The van der Waals surface area contributed by atoms with Crippen LogP contribution >= 0.6 is 0 Å². The van der Waals surface area contributed by atoms with Crippen molar-refractivity contribution < 1.29 is 18.0 Å². The first-order chi connectivity index (χ1) is 20.3. The summed E-state index contributed by atoms with van der Waals surface area (Å²) in [4.78, 5) is 29.1. The zero-order valence-corrected chi connectivity index (χ0v) is 23.9. The third kappa shape index (κ3) is 6.96. The molecule has 214 valence electrons. The van der Waals surface area contributed by atoms with Gasteiger partial charge in [0.2, 0.25) is 21.8 Å². The second-order valence-corrected chi connectivity index (χ2v) is 12.4. The van der Waals surface area contributed by atoms with Gasteiger partial charge >= 0.3 is 0 Å². The van der Waals surface area contributed by atoms with E-state index in [2.05, 4.69) is 16.1 Å². The number of carbonyl (C=O) groups excluding carboxylic acids is 2. The Morgan fingerprint density at radius 1 is 0.810 bits per heavy atom. The molecule has 1 heterocycles. The molecule has 4 aromatic rings. The second-order valence-electron chi connectivity index (χ2n) is 10.5. The summed E-state index contributed by atoms with van der Waals surface area (Å²) < 4.78 is 30.3. The van der Waals surface area contributed by atoms with Crippen molar-refractivity contribution in [1.29, 1.82) is 5.26 Å². The minimum absolute atomic E-state index is 0.0723. The van der Waals surface area contributed by atoms with Crippen LogP contribution in [-0.4, -0.2) is 49.5 Å². The van der Waals surface area contributed by atoms with E-state index in [0.29, 0.717) is 29.9 Å². The van der Waals surface area contributed by atoms with Gasteiger partial charge in [0.25, 0.3) is 0 Å². The predicted octanol–water partition coefficient (Wildman–Crippen LogP) is 4.41. The van der Waals surface area contributed by atoms with Crippen LogP contribution in [0.5, 0.6) is 0 Å². The molecular weight excluding hydrogens is 548 g/mol. The van der Waals surface area contributed by atoms with E-state index in [1.807, 2.05) is 36.4 Å². The van der Waals surface area contributed by atoms with Crippen molar-refractivity contribution in [3.8, 4) is 6.07 Å². The number of anilines is 1. The Kier molecular flexibility index (Phi) is 8.84. The molecular formula is C33H32N4O4S. The molecule has 0 bridgehead atoms. The average molecular weight is 581 g/mol. The van der Waals surface area contributed by atoms with Crippen LogP contribution < -0.4 is 10.0 Å². The maximum atomic E-state index is 13.9. The first-order valence-corrected chi connectivity index (χ1v) is 15.5. The van der Waals surface area contributed by atoms with Crippen molar-refractivity contribution >= 4 is 38.3 Å².